The van der Waals surface area contributed by atoms with Crippen molar-refractivity contribution < 1.29 is 19.4 Å². The third-order valence-corrected chi connectivity index (χ3v) is 4.49. The molecule has 0 saturated carbocycles. The van der Waals surface area contributed by atoms with Crippen LogP contribution >= 0.6 is 0 Å². The number of aliphatic hydroxyl groups excluding tert-OH is 1. The topological polar surface area (TPSA) is 55.8 Å². The van der Waals surface area contributed by atoms with Crippen molar-refractivity contribution >= 4 is 5.97 Å². The summed E-state index contributed by atoms with van der Waals surface area (Å²) >= 11 is 0. The Bertz CT molecular complexity index is 339. The van der Waals surface area contributed by atoms with E-state index in [-0.39, 0.29) is 19.2 Å². The molecule has 0 aromatic carbocycles. The van der Waals surface area contributed by atoms with Crippen LogP contribution in [0, 0.1) is 0 Å². The van der Waals surface area contributed by atoms with Crippen LogP contribution in [0.15, 0.2) is 12.2 Å². The van der Waals surface area contributed by atoms with Gasteiger partial charge in [0.1, 0.15) is 6.61 Å². The monoisotopic (exact) mass is 384 g/mol. The maximum atomic E-state index is 11.5. The SMILES string of the molecule is CCCCCCCC/C=C\CCCCCCCC(=O)OCCOCC(C)O. The Kier molecular flexibility index (Phi) is 20.7. The average molecular weight is 385 g/mol. The van der Waals surface area contributed by atoms with Crippen LogP contribution < -0.4 is 0 Å². The zero-order valence-electron chi connectivity index (χ0n) is 17.9. The lowest BCUT2D eigenvalue weighted by Gasteiger charge is -2.07. The van der Waals surface area contributed by atoms with Crippen LogP contribution in [0.3, 0.4) is 0 Å². The second kappa shape index (κ2) is 21.4. The highest BCUT2D eigenvalue weighted by atomic mass is 16.6. The second-order valence-corrected chi connectivity index (χ2v) is 7.48. The first-order valence-corrected chi connectivity index (χ1v) is 11.2. The summed E-state index contributed by atoms with van der Waals surface area (Å²) in [5.41, 5.74) is 0. The summed E-state index contributed by atoms with van der Waals surface area (Å²) in [6.07, 6.45) is 21.0. The molecule has 0 aromatic heterocycles. The van der Waals surface area contributed by atoms with Gasteiger partial charge in [0, 0.05) is 6.42 Å². The fourth-order valence-corrected chi connectivity index (χ4v) is 2.88. The van der Waals surface area contributed by atoms with Gasteiger partial charge in [0.25, 0.3) is 0 Å². The fraction of sp³-hybridized carbons (Fsp3) is 0.870. The van der Waals surface area contributed by atoms with E-state index in [1.807, 2.05) is 0 Å². The molecular formula is C23H44O4. The van der Waals surface area contributed by atoms with Crippen molar-refractivity contribution in [1.82, 2.24) is 0 Å². The predicted molar refractivity (Wildman–Crippen MR) is 113 cm³/mol. The Labute approximate surface area is 167 Å². The number of esters is 1. The molecule has 27 heavy (non-hydrogen) atoms. The zero-order chi connectivity index (χ0) is 20.0. The van der Waals surface area contributed by atoms with E-state index < -0.39 is 6.10 Å². The lowest BCUT2D eigenvalue weighted by Crippen LogP contribution is -2.15. The van der Waals surface area contributed by atoms with Crippen molar-refractivity contribution in [3.05, 3.63) is 12.2 Å². The van der Waals surface area contributed by atoms with E-state index in [0.717, 1.165) is 12.8 Å². The smallest absolute Gasteiger partial charge is 0.305 e. The summed E-state index contributed by atoms with van der Waals surface area (Å²) in [5, 5.41) is 9.03. The molecule has 1 atom stereocenters. The molecule has 1 unspecified atom stereocenters. The number of allylic oxidation sites excluding steroid dienone is 2. The van der Waals surface area contributed by atoms with Gasteiger partial charge in [-0.2, -0.15) is 0 Å². The van der Waals surface area contributed by atoms with Crippen LogP contribution in [0.25, 0.3) is 0 Å². The number of hydrogen-bond donors (Lipinski definition) is 1. The van der Waals surface area contributed by atoms with Crippen molar-refractivity contribution in [2.45, 2.75) is 110 Å². The summed E-state index contributed by atoms with van der Waals surface area (Å²) in [6, 6.07) is 0. The number of rotatable bonds is 20. The van der Waals surface area contributed by atoms with Crippen LogP contribution in [-0.4, -0.2) is 37.0 Å². The normalized spacial score (nSPS) is 12.6. The number of unbranched alkanes of at least 4 members (excludes halogenated alkanes) is 11. The average Bonchev–Trinajstić information content (AvgIpc) is 2.64. The highest BCUT2D eigenvalue weighted by molar-refractivity contribution is 5.69. The van der Waals surface area contributed by atoms with E-state index in [0.29, 0.717) is 13.0 Å². The number of carbonyl (C=O) groups is 1. The summed E-state index contributed by atoms with van der Waals surface area (Å²) in [5.74, 6) is -0.145. The highest BCUT2D eigenvalue weighted by Gasteiger charge is 2.03. The molecular weight excluding hydrogens is 340 g/mol. The van der Waals surface area contributed by atoms with Gasteiger partial charge in [0.05, 0.1) is 19.3 Å². The largest absolute Gasteiger partial charge is 0.463 e. The number of hydrogen-bond acceptors (Lipinski definition) is 4. The first-order chi connectivity index (χ1) is 13.2. The van der Waals surface area contributed by atoms with E-state index in [4.69, 9.17) is 14.6 Å². The third-order valence-electron chi connectivity index (χ3n) is 4.49. The molecule has 0 aliphatic heterocycles. The molecule has 0 bridgehead atoms. The van der Waals surface area contributed by atoms with E-state index in [2.05, 4.69) is 19.1 Å². The molecule has 4 heteroatoms. The van der Waals surface area contributed by atoms with Gasteiger partial charge in [-0.1, -0.05) is 70.4 Å². The lowest BCUT2D eigenvalue weighted by atomic mass is 10.1. The summed E-state index contributed by atoms with van der Waals surface area (Å²) in [7, 11) is 0. The molecule has 0 fully saturated rings. The number of aliphatic hydroxyl groups is 1. The van der Waals surface area contributed by atoms with E-state index in [1.165, 1.54) is 70.6 Å². The first-order valence-electron chi connectivity index (χ1n) is 11.2. The Morgan fingerprint density at radius 1 is 0.852 bits per heavy atom. The van der Waals surface area contributed by atoms with Crippen molar-refractivity contribution in [3.63, 3.8) is 0 Å². The van der Waals surface area contributed by atoms with Gasteiger partial charge in [-0.15, -0.1) is 0 Å². The van der Waals surface area contributed by atoms with Gasteiger partial charge >= 0.3 is 5.97 Å². The van der Waals surface area contributed by atoms with E-state index >= 15 is 0 Å². The van der Waals surface area contributed by atoms with Crippen LogP contribution in [0.1, 0.15) is 104 Å². The molecule has 0 aliphatic rings. The third kappa shape index (κ3) is 23.1. The predicted octanol–water partition coefficient (Wildman–Crippen LogP) is 5.96. The van der Waals surface area contributed by atoms with Gasteiger partial charge in [-0.05, 0) is 39.0 Å². The Hall–Kier alpha value is -0.870. The molecule has 0 radical (unpaired) electrons. The summed E-state index contributed by atoms with van der Waals surface area (Å²) in [4.78, 5) is 11.5. The molecule has 0 amide bonds. The Morgan fingerprint density at radius 2 is 1.41 bits per heavy atom. The van der Waals surface area contributed by atoms with Crippen molar-refractivity contribution in [3.8, 4) is 0 Å². The first kappa shape index (κ1) is 26.1. The quantitative estimate of drug-likeness (QED) is 0.160. The Morgan fingerprint density at radius 3 is 2.00 bits per heavy atom. The maximum absolute atomic E-state index is 11.5. The van der Waals surface area contributed by atoms with Crippen LogP contribution in [0.4, 0.5) is 0 Å². The van der Waals surface area contributed by atoms with Crippen molar-refractivity contribution in [1.29, 1.82) is 0 Å². The van der Waals surface area contributed by atoms with Gasteiger partial charge in [-0.25, -0.2) is 0 Å². The van der Waals surface area contributed by atoms with Crippen LogP contribution in [-0.2, 0) is 14.3 Å². The van der Waals surface area contributed by atoms with E-state index in [1.54, 1.807) is 6.92 Å². The fourth-order valence-electron chi connectivity index (χ4n) is 2.88. The minimum absolute atomic E-state index is 0.145. The zero-order valence-corrected chi connectivity index (χ0v) is 17.9. The van der Waals surface area contributed by atoms with Gasteiger partial charge in [-0.3, -0.25) is 4.79 Å². The number of ether oxygens (including phenoxy) is 2. The molecule has 0 aliphatic carbocycles. The van der Waals surface area contributed by atoms with Gasteiger partial charge in [0.15, 0.2) is 0 Å². The summed E-state index contributed by atoms with van der Waals surface area (Å²) < 4.78 is 10.2. The molecule has 0 aromatic rings. The van der Waals surface area contributed by atoms with Crippen LogP contribution in [0.5, 0.6) is 0 Å². The number of carbonyl (C=O) groups excluding carboxylic acids is 1. The molecule has 0 saturated heterocycles. The highest BCUT2D eigenvalue weighted by Crippen LogP contribution is 2.10. The molecule has 0 heterocycles. The van der Waals surface area contributed by atoms with Gasteiger partial charge in [0.2, 0.25) is 0 Å². The minimum Gasteiger partial charge on any atom is -0.463 e. The molecule has 0 spiro atoms. The van der Waals surface area contributed by atoms with Crippen molar-refractivity contribution in [2.24, 2.45) is 0 Å². The molecule has 4 nitrogen and oxygen atoms in total. The standard InChI is InChI=1S/C23H44O4/c1-3-4-5-6-7-8-9-10-11-12-13-14-15-16-17-18-23(25)27-20-19-26-21-22(2)24/h10-11,22,24H,3-9,12-21H2,1-2H3/b11-10-. The molecule has 0 rings (SSSR count). The van der Waals surface area contributed by atoms with E-state index in [9.17, 15) is 4.79 Å². The minimum atomic E-state index is -0.475. The van der Waals surface area contributed by atoms with Gasteiger partial charge < -0.3 is 14.6 Å². The molecule has 1 N–H and O–H groups in total. The second-order valence-electron chi connectivity index (χ2n) is 7.48. The van der Waals surface area contributed by atoms with Crippen LogP contribution in [0.2, 0.25) is 0 Å². The van der Waals surface area contributed by atoms with Crippen molar-refractivity contribution in [2.75, 3.05) is 19.8 Å². The molecule has 160 valence electrons. The lowest BCUT2D eigenvalue weighted by molar-refractivity contribution is -0.145. The summed E-state index contributed by atoms with van der Waals surface area (Å²) in [6.45, 7) is 4.83. The maximum Gasteiger partial charge on any atom is 0.305 e. The Balaban J connectivity index is 3.21.